The van der Waals surface area contributed by atoms with Crippen LogP contribution in [-0.2, 0) is 6.54 Å². The Kier molecular flexibility index (Phi) is 3.46. The van der Waals surface area contributed by atoms with Crippen molar-refractivity contribution in [3.63, 3.8) is 0 Å². The van der Waals surface area contributed by atoms with Crippen LogP contribution in [0.3, 0.4) is 0 Å². The molecule has 0 amide bonds. The van der Waals surface area contributed by atoms with E-state index in [9.17, 15) is 9.90 Å². The van der Waals surface area contributed by atoms with E-state index in [0.29, 0.717) is 23.0 Å². The van der Waals surface area contributed by atoms with Crippen molar-refractivity contribution in [2.24, 2.45) is 0 Å². The molecule has 0 spiro atoms. The van der Waals surface area contributed by atoms with Crippen molar-refractivity contribution in [3.8, 4) is 0 Å². The molecule has 3 aromatic rings. The Morgan fingerprint density at radius 1 is 1.25 bits per heavy atom. The molecule has 0 aliphatic heterocycles. The van der Waals surface area contributed by atoms with Gasteiger partial charge in [0.15, 0.2) is 0 Å². The fraction of sp³-hybridized carbons (Fsp3) is 0.389. The molecule has 6 heteroatoms. The number of aryl methyl sites for hydroxylation is 3. The number of hydrogen-bond acceptors (Lipinski definition) is 4. The van der Waals surface area contributed by atoms with E-state index in [1.165, 1.54) is 35.3 Å². The van der Waals surface area contributed by atoms with E-state index in [-0.39, 0.29) is 0 Å². The molecule has 1 aliphatic rings. The van der Waals surface area contributed by atoms with Crippen LogP contribution < -0.4 is 0 Å². The molecule has 1 aliphatic carbocycles. The van der Waals surface area contributed by atoms with Crippen molar-refractivity contribution in [2.75, 3.05) is 0 Å². The van der Waals surface area contributed by atoms with Crippen LogP contribution in [0, 0.1) is 20.8 Å². The molecule has 1 saturated carbocycles. The Bertz CT molecular complexity index is 966. The third-order valence-electron chi connectivity index (χ3n) is 4.66. The van der Waals surface area contributed by atoms with Crippen LogP contribution in [0.5, 0.6) is 0 Å². The first-order valence-electron chi connectivity index (χ1n) is 8.11. The van der Waals surface area contributed by atoms with Crippen molar-refractivity contribution >= 4 is 28.3 Å². The van der Waals surface area contributed by atoms with Crippen LogP contribution in [0.25, 0.3) is 11.0 Å². The molecule has 24 heavy (non-hydrogen) atoms. The van der Waals surface area contributed by atoms with Crippen molar-refractivity contribution in [2.45, 2.75) is 46.1 Å². The summed E-state index contributed by atoms with van der Waals surface area (Å²) < 4.78 is 2.23. The van der Waals surface area contributed by atoms with Crippen molar-refractivity contribution in [3.05, 3.63) is 44.7 Å². The van der Waals surface area contributed by atoms with Gasteiger partial charge in [-0.05, 0) is 56.9 Å². The molecule has 4 rings (SSSR count). The zero-order valence-corrected chi connectivity index (χ0v) is 14.8. The molecule has 124 valence electrons. The van der Waals surface area contributed by atoms with E-state index in [2.05, 4.69) is 35.5 Å². The third kappa shape index (κ3) is 2.51. The summed E-state index contributed by atoms with van der Waals surface area (Å²) in [6.45, 7) is 6.56. The van der Waals surface area contributed by atoms with Gasteiger partial charge in [-0.3, -0.25) is 0 Å². The van der Waals surface area contributed by atoms with Gasteiger partial charge in [0.25, 0.3) is 0 Å². The number of imidazole rings is 1. The number of aromatic nitrogens is 3. The highest BCUT2D eigenvalue weighted by molar-refractivity contribution is 7.13. The highest BCUT2D eigenvalue weighted by atomic mass is 32.1. The van der Waals surface area contributed by atoms with Gasteiger partial charge in [0.05, 0.1) is 23.3 Å². The summed E-state index contributed by atoms with van der Waals surface area (Å²) in [6.07, 6.45) is 2.36. The highest BCUT2D eigenvalue weighted by Crippen LogP contribution is 2.41. The lowest BCUT2D eigenvalue weighted by Crippen LogP contribution is -2.04. The maximum Gasteiger partial charge on any atom is 0.347 e. The van der Waals surface area contributed by atoms with Crippen LogP contribution in [0.4, 0.5) is 0 Å². The summed E-state index contributed by atoms with van der Waals surface area (Å²) in [6, 6.07) is 4.32. The lowest BCUT2D eigenvalue weighted by Gasteiger charge is -2.07. The first-order chi connectivity index (χ1) is 11.4. The highest BCUT2D eigenvalue weighted by Gasteiger charge is 2.30. The first-order valence-corrected chi connectivity index (χ1v) is 8.92. The minimum Gasteiger partial charge on any atom is -0.477 e. The number of rotatable bonds is 4. The summed E-state index contributed by atoms with van der Waals surface area (Å²) in [4.78, 5) is 20.9. The van der Waals surface area contributed by atoms with Gasteiger partial charge in [0.1, 0.15) is 15.7 Å². The summed E-state index contributed by atoms with van der Waals surface area (Å²) >= 11 is 1.26. The molecule has 2 heterocycles. The monoisotopic (exact) mass is 341 g/mol. The fourth-order valence-electron chi connectivity index (χ4n) is 3.07. The Morgan fingerprint density at radius 2 is 1.96 bits per heavy atom. The van der Waals surface area contributed by atoms with Crippen molar-refractivity contribution in [1.29, 1.82) is 0 Å². The smallest absolute Gasteiger partial charge is 0.347 e. The maximum absolute atomic E-state index is 11.3. The largest absolute Gasteiger partial charge is 0.477 e. The molecular weight excluding hydrogens is 322 g/mol. The standard InChI is InChI=1S/C18H19N3O2S/c1-9-6-13-14(7-10(9)2)21(17(20-13)12-4-5-12)8-15-19-11(3)16(24-15)18(22)23/h6-7,12H,4-5,8H2,1-3H3,(H,22,23). The zero-order chi connectivity index (χ0) is 17.0. The number of hydrogen-bond donors (Lipinski definition) is 1. The Labute approximate surface area is 144 Å². The van der Waals surface area contributed by atoms with Gasteiger partial charge < -0.3 is 9.67 Å². The first kappa shape index (κ1) is 15.3. The van der Waals surface area contributed by atoms with Crippen LogP contribution in [0.15, 0.2) is 12.1 Å². The molecule has 0 atom stereocenters. The van der Waals surface area contributed by atoms with Gasteiger partial charge in [-0.25, -0.2) is 14.8 Å². The molecule has 1 aromatic carbocycles. The number of aromatic carboxylic acids is 1. The summed E-state index contributed by atoms with van der Waals surface area (Å²) in [5, 5.41) is 10.1. The van der Waals surface area contributed by atoms with Crippen LogP contribution in [0.1, 0.15) is 56.1 Å². The lowest BCUT2D eigenvalue weighted by molar-refractivity contribution is 0.0701. The Hall–Kier alpha value is -2.21. The van der Waals surface area contributed by atoms with Crippen molar-refractivity contribution in [1.82, 2.24) is 14.5 Å². The molecule has 2 aromatic heterocycles. The van der Waals surface area contributed by atoms with E-state index >= 15 is 0 Å². The van der Waals surface area contributed by atoms with Crippen molar-refractivity contribution < 1.29 is 9.90 Å². The van der Waals surface area contributed by atoms with E-state index in [4.69, 9.17) is 4.98 Å². The second-order valence-electron chi connectivity index (χ2n) is 6.58. The minimum atomic E-state index is -0.902. The van der Waals surface area contributed by atoms with Gasteiger partial charge in [0.2, 0.25) is 0 Å². The van der Waals surface area contributed by atoms with Crippen LogP contribution in [-0.4, -0.2) is 25.6 Å². The van der Waals surface area contributed by atoms with Gasteiger partial charge in [-0.1, -0.05) is 0 Å². The zero-order valence-electron chi connectivity index (χ0n) is 14.0. The number of carboxylic acid groups (broad SMARTS) is 1. The lowest BCUT2D eigenvalue weighted by atomic mass is 10.1. The Morgan fingerprint density at radius 3 is 2.58 bits per heavy atom. The topological polar surface area (TPSA) is 68.0 Å². The number of carbonyl (C=O) groups is 1. The number of carboxylic acids is 1. The summed E-state index contributed by atoms with van der Waals surface area (Å²) in [5.41, 5.74) is 5.21. The predicted molar refractivity (Wildman–Crippen MR) is 94.1 cm³/mol. The van der Waals surface area contributed by atoms with E-state index in [0.717, 1.165) is 21.9 Å². The molecule has 0 saturated heterocycles. The number of thiazole rings is 1. The molecular formula is C18H19N3O2S. The van der Waals surface area contributed by atoms with E-state index in [1.807, 2.05) is 0 Å². The van der Waals surface area contributed by atoms with Gasteiger partial charge in [-0.15, -0.1) is 11.3 Å². The normalized spacial score (nSPS) is 14.5. The Balaban J connectivity index is 1.83. The van der Waals surface area contributed by atoms with Crippen LogP contribution in [0.2, 0.25) is 0 Å². The quantitative estimate of drug-likeness (QED) is 0.777. The molecule has 0 unspecified atom stereocenters. The molecule has 0 radical (unpaired) electrons. The van der Waals surface area contributed by atoms with Crippen LogP contribution >= 0.6 is 11.3 Å². The average Bonchev–Trinajstić information content (AvgIpc) is 3.22. The van der Waals surface area contributed by atoms with E-state index in [1.54, 1.807) is 6.92 Å². The number of benzene rings is 1. The van der Waals surface area contributed by atoms with E-state index < -0.39 is 5.97 Å². The molecule has 1 N–H and O–H groups in total. The fourth-order valence-corrected chi connectivity index (χ4v) is 3.96. The molecule has 5 nitrogen and oxygen atoms in total. The number of nitrogens with zero attached hydrogens (tertiary/aromatic N) is 3. The minimum absolute atomic E-state index is 0.328. The second kappa shape index (κ2) is 5.41. The van der Waals surface area contributed by atoms with Gasteiger partial charge in [0, 0.05) is 5.92 Å². The van der Waals surface area contributed by atoms with Gasteiger partial charge >= 0.3 is 5.97 Å². The molecule has 1 fully saturated rings. The predicted octanol–water partition coefficient (Wildman–Crippen LogP) is 4.04. The average molecular weight is 341 g/mol. The SMILES string of the molecule is Cc1cc2nc(C3CC3)n(Cc3nc(C)c(C(=O)O)s3)c2cc1C. The number of fused-ring (bicyclic) bond motifs is 1. The van der Waals surface area contributed by atoms with Gasteiger partial charge in [-0.2, -0.15) is 0 Å². The summed E-state index contributed by atoms with van der Waals surface area (Å²) in [7, 11) is 0. The molecule has 0 bridgehead atoms. The third-order valence-corrected chi connectivity index (χ3v) is 5.79. The second-order valence-corrected chi connectivity index (χ2v) is 7.67. The maximum atomic E-state index is 11.3. The summed E-state index contributed by atoms with van der Waals surface area (Å²) in [5.74, 6) is 0.735.